The van der Waals surface area contributed by atoms with Crippen molar-refractivity contribution in [1.82, 2.24) is 5.32 Å². The molecule has 1 unspecified atom stereocenters. The van der Waals surface area contributed by atoms with Crippen LogP contribution in [-0.2, 0) is 14.3 Å². The molecule has 0 aliphatic heterocycles. The van der Waals surface area contributed by atoms with Crippen molar-refractivity contribution in [1.29, 1.82) is 0 Å². The van der Waals surface area contributed by atoms with Crippen molar-refractivity contribution < 1.29 is 24.2 Å². The van der Waals surface area contributed by atoms with E-state index in [9.17, 15) is 14.7 Å². The molecule has 0 aromatic heterocycles. The van der Waals surface area contributed by atoms with Gasteiger partial charge in [-0.15, -0.1) is 0 Å². The van der Waals surface area contributed by atoms with Crippen molar-refractivity contribution >= 4 is 12.1 Å². The van der Waals surface area contributed by atoms with E-state index in [0.717, 1.165) is 12.8 Å². The van der Waals surface area contributed by atoms with Gasteiger partial charge in [-0.3, -0.25) is 4.79 Å². The number of carbonyl (C=O) groups excluding carboxylic acids is 2. The van der Waals surface area contributed by atoms with Crippen molar-refractivity contribution in [3.8, 4) is 0 Å². The molecule has 0 saturated carbocycles. The summed E-state index contributed by atoms with van der Waals surface area (Å²) in [5.74, 6) is -0.108. The molecular weight excluding hydrogens is 370 g/mol. The van der Waals surface area contributed by atoms with Gasteiger partial charge in [-0.25, -0.2) is 4.79 Å². The molecule has 2 N–H and O–H groups in total. The highest BCUT2D eigenvalue weighted by Gasteiger charge is 2.17. The summed E-state index contributed by atoms with van der Waals surface area (Å²) in [5.41, 5.74) is -0.541. The van der Waals surface area contributed by atoms with E-state index in [1.54, 1.807) is 0 Å². The molecule has 6 heteroatoms. The summed E-state index contributed by atoms with van der Waals surface area (Å²) in [7, 11) is 0. The van der Waals surface area contributed by atoms with Gasteiger partial charge in [0.1, 0.15) is 5.60 Å². The minimum atomic E-state index is -0.541. The molecule has 0 radical (unpaired) electrons. The molecule has 6 nitrogen and oxygen atoms in total. The van der Waals surface area contributed by atoms with Crippen LogP contribution in [0, 0.1) is 5.92 Å². The zero-order chi connectivity index (χ0) is 22.0. The molecule has 0 heterocycles. The number of aliphatic hydroxyl groups excluding tert-OH is 1. The molecule has 0 bridgehead atoms. The number of aliphatic hydroxyl groups is 1. The SMILES string of the molecule is CCCCCCCCCCCC(=O)OCCC(CCO)CNC(=O)OC(C)(C)C. The van der Waals surface area contributed by atoms with Crippen LogP contribution < -0.4 is 5.32 Å². The fourth-order valence-corrected chi connectivity index (χ4v) is 3.06. The summed E-state index contributed by atoms with van der Waals surface area (Å²) >= 11 is 0. The zero-order valence-corrected chi connectivity index (χ0v) is 19.3. The summed E-state index contributed by atoms with van der Waals surface area (Å²) in [6.45, 7) is 8.41. The van der Waals surface area contributed by atoms with E-state index in [2.05, 4.69) is 12.2 Å². The highest BCUT2D eigenvalue weighted by atomic mass is 16.6. The predicted octanol–water partition coefficient (Wildman–Crippen LogP) is 5.36. The molecule has 29 heavy (non-hydrogen) atoms. The Hall–Kier alpha value is -1.30. The molecular formula is C23H45NO5. The molecule has 1 atom stereocenters. The molecule has 0 aliphatic rings. The summed E-state index contributed by atoms with van der Waals surface area (Å²) in [6, 6.07) is 0. The van der Waals surface area contributed by atoms with E-state index in [4.69, 9.17) is 9.47 Å². The third-order valence-electron chi connectivity index (χ3n) is 4.74. The largest absolute Gasteiger partial charge is 0.466 e. The Labute approximate surface area is 178 Å². The van der Waals surface area contributed by atoms with E-state index in [1.807, 2.05) is 20.8 Å². The second-order valence-corrected chi connectivity index (χ2v) is 8.85. The normalized spacial score (nSPS) is 12.4. The number of nitrogens with one attached hydrogen (secondary N) is 1. The highest BCUT2D eigenvalue weighted by Crippen LogP contribution is 2.12. The molecule has 1 amide bonds. The average molecular weight is 416 g/mol. The van der Waals surface area contributed by atoms with E-state index in [-0.39, 0.29) is 18.5 Å². The number of amides is 1. The van der Waals surface area contributed by atoms with Gasteiger partial charge in [-0.05, 0) is 46.0 Å². The topological polar surface area (TPSA) is 84.9 Å². The maximum atomic E-state index is 11.9. The van der Waals surface area contributed by atoms with Crippen molar-refractivity contribution in [3.05, 3.63) is 0 Å². The lowest BCUT2D eigenvalue weighted by Crippen LogP contribution is -2.35. The fourth-order valence-electron chi connectivity index (χ4n) is 3.06. The Kier molecular flexibility index (Phi) is 16.8. The minimum absolute atomic E-state index is 0.0348. The highest BCUT2D eigenvalue weighted by molar-refractivity contribution is 5.69. The second kappa shape index (κ2) is 17.5. The summed E-state index contributed by atoms with van der Waals surface area (Å²) in [4.78, 5) is 23.6. The monoisotopic (exact) mass is 415 g/mol. The number of esters is 1. The number of carbonyl (C=O) groups is 2. The van der Waals surface area contributed by atoms with Gasteiger partial charge in [0, 0.05) is 19.6 Å². The van der Waals surface area contributed by atoms with Crippen molar-refractivity contribution in [2.24, 2.45) is 5.92 Å². The maximum Gasteiger partial charge on any atom is 0.407 e. The van der Waals surface area contributed by atoms with E-state index >= 15 is 0 Å². The predicted molar refractivity (Wildman–Crippen MR) is 117 cm³/mol. The Balaban J connectivity index is 3.77. The molecule has 0 aromatic rings. The van der Waals surface area contributed by atoms with Crippen LogP contribution >= 0.6 is 0 Å². The summed E-state index contributed by atoms with van der Waals surface area (Å²) in [6.07, 6.45) is 12.1. The molecule has 0 spiro atoms. The van der Waals surface area contributed by atoms with Gasteiger partial charge in [0.05, 0.1) is 6.61 Å². The van der Waals surface area contributed by atoms with Gasteiger partial charge < -0.3 is 19.9 Å². The lowest BCUT2D eigenvalue weighted by atomic mass is 10.0. The molecule has 172 valence electrons. The Morgan fingerprint density at radius 1 is 0.931 bits per heavy atom. The van der Waals surface area contributed by atoms with Crippen molar-refractivity contribution in [3.63, 3.8) is 0 Å². The Morgan fingerprint density at radius 3 is 2.07 bits per heavy atom. The zero-order valence-electron chi connectivity index (χ0n) is 19.3. The molecule has 0 saturated heterocycles. The summed E-state index contributed by atoms with van der Waals surface area (Å²) < 4.78 is 10.5. The minimum Gasteiger partial charge on any atom is -0.466 e. The van der Waals surface area contributed by atoms with Gasteiger partial charge in [0.2, 0.25) is 0 Å². The third-order valence-corrected chi connectivity index (χ3v) is 4.74. The first-order valence-corrected chi connectivity index (χ1v) is 11.5. The second-order valence-electron chi connectivity index (χ2n) is 8.85. The van der Waals surface area contributed by atoms with Crippen LogP contribution in [0.25, 0.3) is 0 Å². The molecule has 0 aliphatic carbocycles. The van der Waals surface area contributed by atoms with Gasteiger partial charge >= 0.3 is 12.1 Å². The maximum absolute atomic E-state index is 11.9. The quantitative estimate of drug-likeness (QED) is 0.247. The van der Waals surface area contributed by atoms with Crippen LogP contribution in [0.15, 0.2) is 0 Å². The standard InChI is InChI=1S/C23H45NO5/c1-5-6-7-8-9-10-11-12-13-14-21(26)28-18-16-20(15-17-25)19-24-22(27)29-23(2,3)4/h20,25H,5-19H2,1-4H3,(H,24,27). The van der Waals surface area contributed by atoms with Crippen LogP contribution in [0.3, 0.4) is 0 Å². The number of rotatable bonds is 17. The first kappa shape index (κ1) is 27.7. The molecule has 0 fully saturated rings. The van der Waals surface area contributed by atoms with Crippen LogP contribution in [0.4, 0.5) is 4.79 Å². The Bertz CT molecular complexity index is 420. The smallest absolute Gasteiger partial charge is 0.407 e. The lowest BCUT2D eigenvalue weighted by molar-refractivity contribution is -0.144. The first-order chi connectivity index (χ1) is 13.8. The first-order valence-electron chi connectivity index (χ1n) is 11.5. The van der Waals surface area contributed by atoms with Gasteiger partial charge in [0.15, 0.2) is 0 Å². The van der Waals surface area contributed by atoms with Crippen LogP contribution in [0.5, 0.6) is 0 Å². The van der Waals surface area contributed by atoms with E-state index < -0.39 is 11.7 Å². The molecule has 0 rings (SSSR count). The fraction of sp³-hybridized carbons (Fsp3) is 0.913. The van der Waals surface area contributed by atoms with Crippen molar-refractivity contribution in [2.75, 3.05) is 19.8 Å². The van der Waals surface area contributed by atoms with E-state index in [1.165, 1.54) is 44.9 Å². The number of ether oxygens (including phenoxy) is 2. The van der Waals surface area contributed by atoms with Crippen LogP contribution in [0.2, 0.25) is 0 Å². The Morgan fingerprint density at radius 2 is 1.52 bits per heavy atom. The summed E-state index contributed by atoms with van der Waals surface area (Å²) in [5, 5.41) is 11.9. The van der Waals surface area contributed by atoms with Gasteiger partial charge in [-0.1, -0.05) is 58.3 Å². The van der Waals surface area contributed by atoms with E-state index in [0.29, 0.717) is 32.4 Å². The number of unbranched alkanes of at least 4 members (excludes halogenated alkanes) is 8. The molecule has 0 aromatic carbocycles. The average Bonchev–Trinajstić information content (AvgIpc) is 2.63. The third kappa shape index (κ3) is 19.8. The van der Waals surface area contributed by atoms with Gasteiger partial charge in [0.25, 0.3) is 0 Å². The number of hydrogen-bond acceptors (Lipinski definition) is 5. The number of hydrogen-bond donors (Lipinski definition) is 2. The van der Waals surface area contributed by atoms with Crippen molar-refractivity contribution in [2.45, 2.75) is 110 Å². The van der Waals surface area contributed by atoms with Gasteiger partial charge in [-0.2, -0.15) is 0 Å². The van der Waals surface area contributed by atoms with Crippen LogP contribution in [-0.4, -0.2) is 42.5 Å². The number of alkyl carbamates (subject to hydrolysis) is 1. The lowest BCUT2D eigenvalue weighted by Gasteiger charge is -2.21. The van der Waals surface area contributed by atoms with Crippen LogP contribution in [0.1, 0.15) is 105 Å².